The molecule has 2 rings (SSSR count). The molecule has 0 aromatic rings. The minimum absolute atomic E-state index is 0.144. The van der Waals surface area contributed by atoms with E-state index in [1.54, 1.807) is 0 Å². The van der Waals surface area contributed by atoms with Crippen LogP contribution in [0.25, 0.3) is 0 Å². The average molecular weight is 273 g/mol. The number of nitriles is 1. The van der Waals surface area contributed by atoms with E-state index in [1.807, 2.05) is 6.07 Å². The van der Waals surface area contributed by atoms with Gasteiger partial charge in [-0.25, -0.2) is 0 Å². The highest BCUT2D eigenvalue weighted by Gasteiger charge is 2.35. The fourth-order valence-electron chi connectivity index (χ4n) is 2.29. The van der Waals surface area contributed by atoms with E-state index in [-0.39, 0.29) is 6.54 Å². The fraction of sp³-hybridized carbons (Fsp3) is 0.909. The smallest absolute Gasteiger partial charge is 0.282 e. The molecule has 0 amide bonds. The number of hydrogen-bond acceptors (Lipinski definition) is 4. The van der Waals surface area contributed by atoms with Crippen LogP contribution in [0.2, 0.25) is 0 Å². The highest BCUT2D eigenvalue weighted by molar-refractivity contribution is 7.86. The second-order valence-electron chi connectivity index (χ2n) is 4.94. The lowest BCUT2D eigenvalue weighted by Gasteiger charge is -2.36. The average Bonchev–Trinajstić information content (AvgIpc) is 2.39. The topological polar surface area (TPSA) is 73.6 Å². The van der Waals surface area contributed by atoms with Crippen LogP contribution < -0.4 is 0 Å². The molecule has 0 bridgehead atoms. The Hall–Kier alpha value is -0.680. The van der Waals surface area contributed by atoms with Gasteiger partial charge in [-0.15, -0.1) is 0 Å². The molecule has 7 heteroatoms. The van der Waals surface area contributed by atoms with E-state index < -0.39 is 16.3 Å². The third-order valence-electron chi connectivity index (χ3n) is 3.57. The zero-order valence-corrected chi connectivity index (χ0v) is 11.4. The van der Waals surface area contributed by atoms with E-state index in [0.717, 1.165) is 12.8 Å². The van der Waals surface area contributed by atoms with Crippen molar-refractivity contribution in [1.29, 1.82) is 5.26 Å². The van der Waals surface area contributed by atoms with Gasteiger partial charge in [-0.05, 0) is 18.8 Å². The second kappa shape index (κ2) is 5.53. The normalized spacial score (nSPS) is 29.0. The van der Waals surface area contributed by atoms with E-state index in [0.29, 0.717) is 32.2 Å². The summed E-state index contributed by atoms with van der Waals surface area (Å²) in [5.41, 5.74) is 0. The number of ether oxygens (including phenoxy) is 1. The van der Waals surface area contributed by atoms with Gasteiger partial charge >= 0.3 is 0 Å². The molecule has 1 atom stereocenters. The highest BCUT2D eigenvalue weighted by Crippen LogP contribution is 2.21. The molecule has 0 saturated carbocycles. The van der Waals surface area contributed by atoms with Gasteiger partial charge in [-0.1, -0.05) is 6.92 Å². The molecule has 2 saturated heterocycles. The molecule has 0 aromatic heterocycles. The molecule has 6 nitrogen and oxygen atoms in total. The number of rotatable bonds is 2. The van der Waals surface area contributed by atoms with Gasteiger partial charge in [0.05, 0.1) is 19.2 Å². The first-order valence-corrected chi connectivity index (χ1v) is 7.70. The molecule has 2 heterocycles. The third kappa shape index (κ3) is 2.83. The number of morpholine rings is 1. The van der Waals surface area contributed by atoms with Crippen LogP contribution in [-0.4, -0.2) is 55.9 Å². The van der Waals surface area contributed by atoms with Crippen LogP contribution >= 0.6 is 0 Å². The Labute approximate surface area is 108 Å². The van der Waals surface area contributed by atoms with Crippen molar-refractivity contribution in [2.24, 2.45) is 5.92 Å². The van der Waals surface area contributed by atoms with Crippen molar-refractivity contribution in [2.75, 3.05) is 32.8 Å². The van der Waals surface area contributed by atoms with E-state index >= 15 is 0 Å². The van der Waals surface area contributed by atoms with Crippen molar-refractivity contribution in [3.8, 4) is 6.07 Å². The van der Waals surface area contributed by atoms with Gasteiger partial charge in [0, 0.05) is 19.6 Å². The molecular weight excluding hydrogens is 254 g/mol. The first-order chi connectivity index (χ1) is 8.54. The molecule has 102 valence electrons. The molecule has 0 aliphatic carbocycles. The third-order valence-corrected chi connectivity index (χ3v) is 5.57. The van der Waals surface area contributed by atoms with Crippen LogP contribution in [0.5, 0.6) is 0 Å². The number of piperidine rings is 1. The molecule has 2 aliphatic heterocycles. The SMILES string of the molecule is CC1CCN(S(=O)(=O)N2CCOC(C#N)C2)CC1. The van der Waals surface area contributed by atoms with Gasteiger partial charge in [0.1, 0.15) is 0 Å². The molecule has 2 fully saturated rings. The number of hydrogen-bond donors (Lipinski definition) is 0. The fourth-order valence-corrected chi connectivity index (χ4v) is 3.92. The lowest BCUT2D eigenvalue weighted by atomic mass is 10.0. The van der Waals surface area contributed by atoms with E-state index in [2.05, 4.69) is 6.92 Å². The standard InChI is InChI=1S/C11H19N3O3S/c1-10-2-4-13(5-3-10)18(15,16)14-6-7-17-11(8-12)9-14/h10-11H,2-7,9H2,1H3. The van der Waals surface area contributed by atoms with Crippen LogP contribution in [0.1, 0.15) is 19.8 Å². The second-order valence-corrected chi connectivity index (χ2v) is 6.86. The van der Waals surface area contributed by atoms with Crippen LogP contribution in [0.3, 0.4) is 0 Å². The summed E-state index contributed by atoms with van der Waals surface area (Å²) < 4.78 is 32.9. The van der Waals surface area contributed by atoms with E-state index in [4.69, 9.17) is 10.00 Å². The quantitative estimate of drug-likeness (QED) is 0.720. The molecule has 0 aromatic carbocycles. The summed E-state index contributed by atoms with van der Waals surface area (Å²) in [7, 11) is -3.42. The van der Waals surface area contributed by atoms with Crippen LogP contribution in [0.4, 0.5) is 0 Å². The maximum atomic E-state index is 12.4. The first kappa shape index (κ1) is 13.7. The predicted molar refractivity (Wildman–Crippen MR) is 65.8 cm³/mol. The number of nitrogens with zero attached hydrogens (tertiary/aromatic N) is 3. The summed E-state index contributed by atoms with van der Waals surface area (Å²) in [4.78, 5) is 0. The van der Waals surface area contributed by atoms with Gasteiger partial charge < -0.3 is 4.74 Å². The molecule has 2 aliphatic rings. The van der Waals surface area contributed by atoms with Crippen molar-refractivity contribution in [2.45, 2.75) is 25.9 Å². The maximum Gasteiger partial charge on any atom is 0.282 e. The largest absolute Gasteiger partial charge is 0.361 e. The Morgan fingerprint density at radius 2 is 1.89 bits per heavy atom. The summed E-state index contributed by atoms with van der Waals surface area (Å²) in [5.74, 6) is 0.591. The van der Waals surface area contributed by atoms with Crippen molar-refractivity contribution < 1.29 is 13.2 Å². The Kier molecular flexibility index (Phi) is 4.22. The Bertz CT molecular complexity index is 423. The van der Waals surface area contributed by atoms with Gasteiger partial charge in [-0.2, -0.15) is 22.3 Å². The summed E-state index contributed by atoms with van der Waals surface area (Å²) in [5, 5.41) is 8.81. The molecule has 0 N–H and O–H groups in total. The summed E-state index contributed by atoms with van der Waals surface area (Å²) in [6.45, 7) is 4.08. The van der Waals surface area contributed by atoms with Crippen LogP contribution in [-0.2, 0) is 14.9 Å². The zero-order valence-electron chi connectivity index (χ0n) is 10.6. The van der Waals surface area contributed by atoms with Crippen molar-refractivity contribution >= 4 is 10.2 Å². The van der Waals surface area contributed by atoms with Crippen LogP contribution in [0.15, 0.2) is 0 Å². The first-order valence-electron chi connectivity index (χ1n) is 6.30. The van der Waals surface area contributed by atoms with Crippen LogP contribution in [0, 0.1) is 17.2 Å². The zero-order chi connectivity index (χ0) is 13.2. The molecule has 18 heavy (non-hydrogen) atoms. The molecule has 0 radical (unpaired) electrons. The minimum Gasteiger partial charge on any atom is -0.361 e. The van der Waals surface area contributed by atoms with Gasteiger partial charge in [0.25, 0.3) is 10.2 Å². The van der Waals surface area contributed by atoms with Crippen molar-refractivity contribution in [3.63, 3.8) is 0 Å². The monoisotopic (exact) mass is 273 g/mol. The summed E-state index contributed by atoms with van der Waals surface area (Å²) >= 11 is 0. The van der Waals surface area contributed by atoms with Gasteiger partial charge in [-0.3, -0.25) is 0 Å². The lowest BCUT2D eigenvalue weighted by molar-refractivity contribution is 0.0285. The molecular formula is C11H19N3O3S. The van der Waals surface area contributed by atoms with E-state index in [9.17, 15) is 8.42 Å². The minimum atomic E-state index is -3.42. The summed E-state index contributed by atoms with van der Waals surface area (Å²) in [6, 6.07) is 1.97. The maximum absolute atomic E-state index is 12.4. The Balaban J connectivity index is 2.04. The van der Waals surface area contributed by atoms with Crippen molar-refractivity contribution in [3.05, 3.63) is 0 Å². The summed E-state index contributed by atoms with van der Waals surface area (Å²) in [6.07, 6.45) is 1.17. The van der Waals surface area contributed by atoms with Gasteiger partial charge in [0.2, 0.25) is 0 Å². The predicted octanol–water partition coefficient (Wildman–Crippen LogP) is 0.187. The Morgan fingerprint density at radius 1 is 1.22 bits per heavy atom. The van der Waals surface area contributed by atoms with Gasteiger partial charge in [0.15, 0.2) is 6.10 Å². The molecule has 0 spiro atoms. The Morgan fingerprint density at radius 3 is 2.50 bits per heavy atom. The van der Waals surface area contributed by atoms with E-state index in [1.165, 1.54) is 8.61 Å². The highest BCUT2D eigenvalue weighted by atomic mass is 32.2. The molecule has 1 unspecified atom stereocenters. The van der Waals surface area contributed by atoms with Crippen molar-refractivity contribution in [1.82, 2.24) is 8.61 Å². The lowest BCUT2D eigenvalue weighted by Crippen LogP contribution is -2.52.